The Kier molecular flexibility index (Phi) is 9.63. The van der Waals surface area contributed by atoms with Crippen LogP contribution in [0.2, 0.25) is 0 Å². The van der Waals surface area contributed by atoms with Crippen LogP contribution in [0.4, 0.5) is 11.4 Å². The molecule has 0 N–H and O–H groups in total. The summed E-state index contributed by atoms with van der Waals surface area (Å²) in [6, 6.07) is 63.8. The number of aryl methyl sites for hydroxylation is 2. The molecular formula is C56H50N2. The van der Waals surface area contributed by atoms with Gasteiger partial charge in [-0.25, -0.2) is 0 Å². The minimum Gasteiger partial charge on any atom is -0.333 e. The van der Waals surface area contributed by atoms with Crippen molar-refractivity contribution in [1.29, 1.82) is 0 Å². The highest BCUT2D eigenvalue weighted by Gasteiger charge is 2.44. The molecule has 0 amide bonds. The van der Waals surface area contributed by atoms with Gasteiger partial charge in [0.1, 0.15) is 0 Å². The van der Waals surface area contributed by atoms with Crippen molar-refractivity contribution in [3.05, 3.63) is 204 Å². The number of aromatic nitrogens is 1. The monoisotopic (exact) mass is 750 g/mol. The molecular weight excluding hydrogens is 701 g/mol. The van der Waals surface area contributed by atoms with Gasteiger partial charge in [0.15, 0.2) is 0 Å². The van der Waals surface area contributed by atoms with E-state index < -0.39 is 0 Å². The lowest BCUT2D eigenvalue weighted by Crippen LogP contribution is -2.31. The molecule has 2 heteroatoms. The minimum atomic E-state index is 0.148. The Morgan fingerprint density at radius 3 is 1.90 bits per heavy atom. The van der Waals surface area contributed by atoms with Gasteiger partial charge in [-0.15, -0.1) is 0 Å². The molecule has 0 saturated heterocycles. The van der Waals surface area contributed by atoms with Crippen LogP contribution in [0.3, 0.4) is 0 Å². The van der Waals surface area contributed by atoms with E-state index in [1.807, 2.05) is 0 Å². The molecule has 0 saturated carbocycles. The number of benzene rings is 7. The number of fused-ring (bicyclic) bond motifs is 7. The van der Waals surface area contributed by atoms with Gasteiger partial charge in [0.25, 0.3) is 0 Å². The van der Waals surface area contributed by atoms with Crippen molar-refractivity contribution in [2.24, 2.45) is 0 Å². The van der Waals surface area contributed by atoms with Gasteiger partial charge in [-0.1, -0.05) is 160 Å². The molecule has 8 aromatic rings. The van der Waals surface area contributed by atoms with Crippen LogP contribution in [0, 0.1) is 0 Å². The summed E-state index contributed by atoms with van der Waals surface area (Å²) in [5, 5.41) is 1.32. The predicted molar refractivity (Wildman–Crippen MR) is 246 cm³/mol. The molecule has 0 fully saturated rings. The van der Waals surface area contributed by atoms with Crippen molar-refractivity contribution in [1.82, 2.24) is 4.57 Å². The summed E-state index contributed by atoms with van der Waals surface area (Å²) >= 11 is 0. The van der Waals surface area contributed by atoms with Crippen molar-refractivity contribution in [3.63, 3.8) is 0 Å². The minimum absolute atomic E-state index is 0.148. The quantitative estimate of drug-likeness (QED) is 0.128. The Bertz CT molecular complexity index is 2750. The average Bonchev–Trinajstić information content (AvgIpc) is 3.81. The number of rotatable bonds is 11. The first-order valence-corrected chi connectivity index (χ1v) is 21.4. The lowest BCUT2D eigenvalue weighted by atomic mass is 9.82. The van der Waals surface area contributed by atoms with Gasteiger partial charge in [0.05, 0.1) is 17.3 Å². The van der Waals surface area contributed by atoms with E-state index in [9.17, 15) is 0 Å². The number of hydrogen-bond acceptors (Lipinski definition) is 1. The third kappa shape index (κ3) is 6.38. The van der Waals surface area contributed by atoms with E-state index >= 15 is 0 Å². The van der Waals surface area contributed by atoms with Crippen LogP contribution in [-0.4, -0.2) is 10.6 Å². The van der Waals surface area contributed by atoms with Gasteiger partial charge in [-0.3, -0.25) is 0 Å². The van der Waals surface area contributed by atoms with Crippen molar-refractivity contribution >= 4 is 28.4 Å². The number of anilines is 2. The van der Waals surface area contributed by atoms with Crippen LogP contribution in [-0.2, 0) is 12.8 Å². The van der Waals surface area contributed by atoms with Crippen LogP contribution in [0.25, 0.3) is 56.0 Å². The van der Waals surface area contributed by atoms with Crippen LogP contribution < -0.4 is 4.90 Å². The third-order valence-corrected chi connectivity index (χ3v) is 12.5. The van der Waals surface area contributed by atoms with E-state index in [0.717, 1.165) is 12.8 Å². The van der Waals surface area contributed by atoms with Crippen molar-refractivity contribution in [3.8, 4) is 39.1 Å². The molecule has 2 heterocycles. The largest absolute Gasteiger partial charge is 0.333 e. The van der Waals surface area contributed by atoms with E-state index in [1.165, 1.54) is 115 Å². The molecule has 10 rings (SSSR count). The van der Waals surface area contributed by atoms with Crippen molar-refractivity contribution in [2.75, 3.05) is 4.90 Å². The molecule has 284 valence electrons. The van der Waals surface area contributed by atoms with E-state index in [0.29, 0.717) is 0 Å². The number of unbranched alkanes of at least 4 members (excludes halogenated alkanes) is 2. The van der Waals surface area contributed by atoms with Crippen LogP contribution in [0.15, 0.2) is 176 Å². The summed E-state index contributed by atoms with van der Waals surface area (Å²) in [5.74, 6) is 0.188. The topological polar surface area (TPSA) is 8.17 Å². The van der Waals surface area contributed by atoms with E-state index in [2.05, 4.69) is 205 Å². The third-order valence-electron chi connectivity index (χ3n) is 12.5. The SMILES string of the molecule is CCCCc1ccc(-c2cccc(-c3ccc(-n4c5c(c6ccccc64)C4c6ccccc6N(c6ccc(CCCC)cc6-c6ccccc6)C4C=C5)cc3)c2)cc1. The average molecular weight is 751 g/mol. The first-order valence-electron chi connectivity index (χ1n) is 21.4. The fourth-order valence-corrected chi connectivity index (χ4v) is 9.63. The maximum atomic E-state index is 2.63. The Morgan fingerprint density at radius 2 is 1.14 bits per heavy atom. The van der Waals surface area contributed by atoms with Crippen molar-refractivity contribution in [2.45, 2.75) is 64.3 Å². The summed E-state index contributed by atoms with van der Waals surface area (Å²) in [6.45, 7) is 4.53. The lowest BCUT2D eigenvalue weighted by molar-refractivity contribution is 0.725. The standard InChI is InChI=1S/C56H50N2/c1-3-5-15-39-25-28-41(29-26-39)44-19-14-20-45(38-44)42-30-32-46(33-31-42)57-50-23-12-10-21-47(50)55-53(57)35-36-54-56(55)48-22-11-13-24-51(48)58(54)52-34-27-40(16-6-4-2)37-49(52)43-17-8-7-9-18-43/h7-14,17-38,54,56H,3-6,15-16H2,1-2H3. The Labute approximate surface area is 343 Å². The molecule has 1 aliphatic carbocycles. The fraction of sp³-hybridized carbons (Fsp3) is 0.179. The molecule has 2 unspecified atom stereocenters. The van der Waals surface area contributed by atoms with Gasteiger partial charge in [0, 0.05) is 33.9 Å². The predicted octanol–water partition coefficient (Wildman–Crippen LogP) is 15.0. The molecule has 1 aliphatic heterocycles. The first kappa shape index (κ1) is 36.0. The van der Waals surface area contributed by atoms with Crippen LogP contribution in [0.1, 0.15) is 73.4 Å². The smallest absolute Gasteiger partial charge is 0.0637 e. The highest BCUT2D eigenvalue weighted by Crippen LogP contribution is 2.55. The Hall–Kier alpha value is -6.38. The zero-order valence-electron chi connectivity index (χ0n) is 33.6. The molecule has 58 heavy (non-hydrogen) atoms. The number of nitrogens with zero attached hydrogens (tertiary/aromatic N) is 2. The molecule has 2 aliphatic rings. The second-order valence-electron chi connectivity index (χ2n) is 16.2. The number of para-hydroxylation sites is 2. The molecule has 7 aromatic carbocycles. The van der Waals surface area contributed by atoms with E-state index in [-0.39, 0.29) is 12.0 Å². The Balaban J connectivity index is 1.04. The van der Waals surface area contributed by atoms with E-state index in [1.54, 1.807) is 0 Å². The summed E-state index contributed by atoms with van der Waals surface area (Å²) in [5.41, 5.74) is 19.4. The summed E-state index contributed by atoms with van der Waals surface area (Å²) in [7, 11) is 0. The summed E-state index contributed by atoms with van der Waals surface area (Å²) in [6.07, 6.45) is 12.0. The molecule has 2 atom stereocenters. The Morgan fingerprint density at radius 1 is 0.500 bits per heavy atom. The molecule has 0 spiro atoms. The van der Waals surface area contributed by atoms with Crippen LogP contribution in [0.5, 0.6) is 0 Å². The number of hydrogen-bond donors (Lipinski definition) is 0. The molecule has 1 aromatic heterocycles. The second-order valence-corrected chi connectivity index (χ2v) is 16.2. The summed E-state index contributed by atoms with van der Waals surface area (Å²) < 4.78 is 2.49. The summed E-state index contributed by atoms with van der Waals surface area (Å²) in [4.78, 5) is 2.63. The van der Waals surface area contributed by atoms with Gasteiger partial charge in [-0.05, 0) is 124 Å². The fourth-order valence-electron chi connectivity index (χ4n) is 9.63. The van der Waals surface area contributed by atoms with E-state index in [4.69, 9.17) is 0 Å². The zero-order chi connectivity index (χ0) is 39.0. The molecule has 0 radical (unpaired) electrons. The van der Waals surface area contributed by atoms with Gasteiger partial charge >= 0.3 is 0 Å². The van der Waals surface area contributed by atoms with Crippen molar-refractivity contribution < 1.29 is 0 Å². The van der Waals surface area contributed by atoms with Crippen LogP contribution >= 0.6 is 0 Å². The lowest BCUT2D eigenvalue weighted by Gasteiger charge is -2.32. The first-order chi connectivity index (χ1) is 28.7. The maximum absolute atomic E-state index is 2.63. The molecule has 0 bridgehead atoms. The maximum Gasteiger partial charge on any atom is 0.0637 e. The second kappa shape index (κ2) is 15.5. The highest BCUT2D eigenvalue weighted by molar-refractivity contribution is 5.95. The highest BCUT2D eigenvalue weighted by atomic mass is 15.2. The zero-order valence-corrected chi connectivity index (χ0v) is 33.6. The molecule has 2 nitrogen and oxygen atoms in total. The van der Waals surface area contributed by atoms with Gasteiger partial charge in [0.2, 0.25) is 0 Å². The van der Waals surface area contributed by atoms with Gasteiger partial charge < -0.3 is 9.47 Å². The normalized spacial score (nSPS) is 15.4. The van der Waals surface area contributed by atoms with Gasteiger partial charge in [-0.2, -0.15) is 0 Å².